The molecule has 0 radical (unpaired) electrons. The fourth-order valence-electron chi connectivity index (χ4n) is 2.52. The zero-order chi connectivity index (χ0) is 14.8. The highest BCUT2D eigenvalue weighted by molar-refractivity contribution is 6.10. The number of amides is 1. The van der Waals surface area contributed by atoms with Crippen LogP contribution in [0.2, 0.25) is 0 Å². The number of ketones is 1. The van der Waals surface area contributed by atoms with Crippen molar-refractivity contribution in [3.8, 4) is 0 Å². The molecular formula is C17H14FNO2. The van der Waals surface area contributed by atoms with E-state index in [0.29, 0.717) is 17.7 Å². The van der Waals surface area contributed by atoms with E-state index >= 15 is 0 Å². The van der Waals surface area contributed by atoms with Gasteiger partial charge in [-0.3, -0.25) is 9.59 Å². The Kier molecular flexibility index (Phi) is 3.52. The van der Waals surface area contributed by atoms with Crippen molar-refractivity contribution < 1.29 is 14.0 Å². The molecule has 0 aromatic heterocycles. The van der Waals surface area contributed by atoms with Gasteiger partial charge >= 0.3 is 0 Å². The van der Waals surface area contributed by atoms with Crippen molar-refractivity contribution in [3.05, 3.63) is 70.5 Å². The topological polar surface area (TPSA) is 46.2 Å². The summed E-state index contributed by atoms with van der Waals surface area (Å²) in [6, 6.07) is 10.9. The van der Waals surface area contributed by atoms with Gasteiger partial charge in [-0.25, -0.2) is 4.39 Å². The number of rotatable bonds is 2. The Bertz CT molecular complexity index is 724. The number of hydrogen-bond donors (Lipinski definition) is 1. The van der Waals surface area contributed by atoms with E-state index in [1.54, 1.807) is 24.3 Å². The Balaban J connectivity index is 2.02. The zero-order valence-corrected chi connectivity index (χ0v) is 11.4. The van der Waals surface area contributed by atoms with Crippen molar-refractivity contribution in [1.82, 2.24) is 5.32 Å². The largest absolute Gasteiger partial charge is 0.352 e. The standard InChI is InChI=1S/C17H14FNO2/c18-15-6-2-1-5-13(15)16(20)12-8-7-11-4-3-9-19-17(21)14(11)10-12/h1-2,5-8,10H,3-4,9H2,(H,19,21). The molecule has 3 nitrogen and oxygen atoms in total. The van der Waals surface area contributed by atoms with E-state index in [9.17, 15) is 14.0 Å². The van der Waals surface area contributed by atoms with Crippen LogP contribution in [0.15, 0.2) is 42.5 Å². The van der Waals surface area contributed by atoms with Gasteiger partial charge in [0, 0.05) is 17.7 Å². The molecule has 0 saturated heterocycles. The number of hydrogen-bond acceptors (Lipinski definition) is 2. The molecule has 0 aliphatic carbocycles. The number of nitrogens with one attached hydrogen (secondary N) is 1. The SMILES string of the molecule is O=C(c1ccc2c(c1)C(=O)NCCC2)c1ccccc1F. The van der Waals surface area contributed by atoms with Gasteiger partial charge in [0.25, 0.3) is 5.91 Å². The minimum absolute atomic E-state index is 0.0199. The lowest BCUT2D eigenvalue weighted by Gasteiger charge is -2.08. The Morgan fingerprint density at radius 3 is 2.76 bits per heavy atom. The average molecular weight is 283 g/mol. The first-order valence-electron chi connectivity index (χ1n) is 6.87. The van der Waals surface area contributed by atoms with Crippen LogP contribution in [0.5, 0.6) is 0 Å². The van der Waals surface area contributed by atoms with Crippen molar-refractivity contribution in [2.45, 2.75) is 12.8 Å². The second kappa shape index (κ2) is 5.48. The molecule has 0 atom stereocenters. The van der Waals surface area contributed by atoms with E-state index in [1.165, 1.54) is 18.2 Å². The van der Waals surface area contributed by atoms with Gasteiger partial charge in [0.05, 0.1) is 5.56 Å². The summed E-state index contributed by atoms with van der Waals surface area (Å²) >= 11 is 0. The molecule has 2 aromatic carbocycles. The van der Waals surface area contributed by atoms with Gasteiger partial charge in [-0.2, -0.15) is 0 Å². The molecule has 1 amide bonds. The van der Waals surface area contributed by atoms with Crippen molar-refractivity contribution in [1.29, 1.82) is 0 Å². The lowest BCUT2D eigenvalue weighted by atomic mass is 9.96. The van der Waals surface area contributed by atoms with Crippen molar-refractivity contribution >= 4 is 11.7 Å². The van der Waals surface area contributed by atoms with E-state index in [2.05, 4.69) is 5.32 Å². The molecule has 3 rings (SSSR count). The van der Waals surface area contributed by atoms with E-state index in [0.717, 1.165) is 18.4 Å². The monoisotopic (exact) mass is 283 g/mol. The van der Waals surface area contributed by atoms with Crippen molar-refractivity contribution in [3.63, 3.8) is 0 Å². The molecular weight excluding hydrogens is 269 g/mol. The van der Waals surface area contributed by atoms with Crippen LogP contribution in [-0.2, 0) is 6.42 Å². The fourth-order valence-corrected chi connectivity index (χ4v) is 2.52. The number of benzene rings is 2. The quantitative estimate of drug-likeness (QED) is 0.861. The van der Waals surface area contributed by atoms with Crippen LogP contribution >= 0.6 is 0 Å². The second-order valence-corrected chi connectivity index (χ2v) is 5.04. The second-order valence-electron chi connectivity index (χ2n) is 5.04. The molecule has 1 aliphatic heterocycles. The number of halogens is 1. The first-order chi connectivity index (χ1) is 10.2. The highest BCUT2D eigenvalue weighted by atomic mass is 19.1. The minimum atomic E-state index is -0.554. The summed E-state index contributed by atoms with van der Waals surface area (Å²) < 4.78 is 13.7. The predicted octanol–water partition coefficient (Wildman–Crippen LogP) is 2.73. The Hall–Kier alpha value is -2.49. The van der Waals surface area contributed by atoms with Crippen LogP contribution < -0.4 is 5.32 Å². The van der Waals surface area contributed by atoms with E-state index in [-0.39, 0.29) is 11.5 Å². The number of aryl methyl sites for hydroxylation is 1. The van der Waals surface area contributed by atoms with Crippen molar-refractivity contribution in [2.24, 2.45) is 0 Å². The third-order valence-electron chi connectivity index (χ3n) is 3.64. The smallest absolute Gasteiger partial charge is 0.251 e. The molecule has 0 fully saturated rings. The molecule has 0 saturated carbocycles. The summed E-state index contributed by atoms with van der Waals surface area (Å²) in [6.45, 7) is 0.629. The third kappa shape index (κ3) is 2.57. The third-order valence-corrected chi connectivity index (χ3v) is 3.64. The molecule has 0 spiro atoms. The van der Waals surface area contributed by atoms with Gasteiger partial charge in [0.2, 0.25) is 0 Å². The molecule has 4 heteroatoms. The van der Waals surface area contributed by atoms with E-state index in [1.807, 2.05) is 0 Å². The van der Waals surface area contributed by atoms with Crippen LogP contribution in [-0.4, -0.2) is 18.2 Å². The van der Waals surface area contributed by atoms with Gasteiger partial charge in [0.1, 0.15) is 5.82 Å². The van der Waals surface area contributed by atoms with Gasteiger partial charge in [-0.15, -0.1) is 0 Å². The van der Waals surface area contributed by atoms with Crippen LogP contribution in [0.1, 0.15) is 38.3 Å². The minimum Gasteiger partial charge on any atom is -0.352 e. The number of carbonyl (C=O) groups excluding carboxylic acids is 2. The summed E-state index contributed by atoms with van der Waals surface area (Å²) in [5, 5.41) is 2.79. The van der Waals surface area contributed by atoms with Crippen LogP contribution in [0.25, 0.3) is 0 Å². The number of fused-ring (bicyclic) bond motifs is 1. The Morgan fingerprint density at radius 2 is 1.95 bits per heavy atom. The average Bonchev–Trinajstić information content (AvgIpc) is 2.69. The van der Waals surface area contributed by atoms with Gasteiger partial charge in [-0.1, -0.05) is 24.3 Å². The lowest BCUT2D eigenvalue weighted by Crippen LogP contribution is -2.23. The first-order valence-corrected chi connectivity index (χ1v) is 6.87. The molecule has 106 valence electrons. The van der Waals surface area contributed by atoms with Crippen LogP contribution in [0.4, 0.5) is 4.39 Å². The fraction of sp³-hybridized carbons (Fsp3) is 0.176. The first kappa shape index (κ1) is 13.5. The van der Waals surface area contributed by atoms with Gasteiger partial charge in [0.15, 0.2) is 5.78 Å². The number of carbonyl (C=O) groups is 2. The molecule has 0 unspecified atom stereocenters. The summed E-state index contributed by atoms with van der Waals surface area (Å²) in [4.78, 5) is 24.4. The highest BCUT2D eigenvalue weighted by Crippen LogP contribution is 2.20. The maximum Gasteiger partial charge on any atom is 0.251 e. The van der Waals surface area contributed by atoms with E-state index in [4.69, 9.17) is 0 Å². The molecule has 1 heterocycles. The molecule has 0 bridgehead atoms. The molecule has 1 N–H and O–H groups in total. The van der Waals surface area contributed by atoms with E-state index < -0.39 is 11.6 Å². The molecule has 21 heavy (non-hydrogen) atoms. The zero-order valence-electron chi connectivity index (χ0n) is 11.4. The highest BCUT2D eigenvalue weighted by Gasteiger charge is 2.19. The maximum absolute atomic E-state index is 13.7. The lowest BCUT2D eigenvalue weighted by molar-refractivity contribution is 0.0956. The summed E-state index contributed by atoms with van der Waals surface area (Å²) in [5.41, 5.74) is 1.78. The van der Waals surface area contributed by atoms with Crippen LogP contribution in [0.3, 0.4) is 0 Å². The summed E-state index contributed by atoms with van der Waals surface area (Å²) in [5.74, 6) is -1.14. The maximum atomic E-state index is 13.7. The predicted molar refractivity (Wildman–Crippen MR) is 76.9 cm³/mol. The van der Waals surface area contributed by atoms with Crippen LogP contribution in [0, 0.1) is 5.82 Å². The summed E-state index contributed by atoms with van der Waals surface area (Å²) in [6.07, 6.45) is 1.67. The van der Waals surface area contributed by atoms with Crippen molar-refractivity contribution in [2.75, 3.05) is 6.54 Å². The van der Waals surface area contributed by atoms with Gasteiger partial charge < -0.3 is 5.32 Å². The molecule has 1 aliphatic rings. The Morgan fingerprint density at radius 1 is 1.14 bits per heavy atom. The normalized spacial score (nSPS) is 14.0. The molecule has 2 aromatic rings. The summed E-state index contributed by atoms with van der Waals surface area (Å²) in [7, 11) is 0. The van der Waals surface area contributed by atoms with Gasteiger partial charge in [-0.05, 0) is 36.6 Å². The Labute approximate surface area is 121 Å².